The van der Waals surface area contributed by atoms with Gasteiger partial charge in [0.15, 0.2) is 0 Å². The molecule has 1 N–H and O–H groups in total. The van der Waals surface area contributed by atoms with Crippen LogP contribution in [0.15, 0.2) is 47.1 Å². The fourth-order valence-corrected chi connectivity index (χ4v) is 4.96. The Morgan fingerprint density at radius 2 is 2.00 bits per heavy atom. The molecule has 182 valence electrons. The molecule has 4 rings (SSSR count). The van der Waals surface area contributed by atoms with Gasteiger partial charge in [-0.3, -0.25) is 14.5 Å². The van der Waals surface area contributed by atoms with Crippen LogP contribution in [0.3, 0.4) is 0 Å². The maximum absolute atomic E-state index is 13.4. The highest BCUT2D eigenvalue weighted by molar-refractivity contribution is 5.98. The van der Waals surface area contributed by atoms with Gasteiger partial charge in [0, 0.05) is 25.6 Å². The van der Waals surface area contributed by atoms with Crippen LogP contribution in [0.1, 0.15) is 56.3 Å². The number of carbonyl (C=O) groups is 3. The largest absolute Gasteiger partial charge is 0.497 e. The van der Waals surface area contributed by atoms with Crippen molar-refractivity contribution in [2.45, 2.75) is 64.1 Å². The van der Waals surface area contributed by atoms with Crippen LogP contribution >= 0.6 is 0 Å². The first-order valence-electron chi connectivity index (χ1n) is 12.1. The zero-order valence-electron chi connectivity index (χ0n) is 19.7. The molecule has 1 aromatic carbocycles. The van der Waals surface area contributed by atoms with Crippen molar-refractivity contribution in [2.24, 2.45) is 5.92 Å². The van der Waals surface area contributed by atoms with Crippen molar-refractivity contribution < 1.29 is 23.5 Å². The van der Waals surface area contributed by atoms with Gasteiger partial charge < -0.3 is 19.4 Å². The van der Waals surface area contributed by atoms with Crippen molar-refractivity contribution >= 4 is 17.8 Å². The van der Waals surface area contributed by atoms with E-state index in [4.69, 9.17) is 9.15 Å². The van der Waals surface area contributed by atoms with E-state index in [2.05, 4.69) is 5.32 Å². The molecule has 1 aliphatic heterocycles. The summed E-state index contributed by atoms with van der Waals surface area (Å²) < 4.78 is 10.5. The van der Waals surface area contributed by atoms with E-state index in [0.717, 1.165) is 37.0 Å². The number of methoxy groups -OCH3 is 1. The Hall–Kier alpha value is -3.29. The second-order valence-electron chi connectivity index (χ2n) is 9.02. The van der Waals surface area contributed by atoms with Gasteiger partial charge in [0.25, 0.3) is 0 Å². The molecule has 2 atom stereocenters. The minimum atomic E-state index is -0.224. The first-order chi connectivity index (χ1) is 16.6. The zero-order chi connectivity index (χ0) is 23.9. The summed E-state index contributed by atoms with van der Waals surface area (Å²) in [5.74, 6) is 1.18. The zero-order valence-corrected chi connectivity index (χ0v) is 19.7. The predicted octanol–water partition coefficient (Wildman–Crippen LogP) is 4.10. The van der Waals surface area contributed by atoms with E-state index >= 15 is 0 Å². The predicted molar refractivity (Wildman–Crippen MR) is 126 cm³/mol. The van der Waals surface area contributed by atoms with Crippen LogP contribution in [-0.2, 0) is 22.7 Å². The van der Waals surface area contributed by atoms with E-state index in [1.807, 2.05) is 35.2 Å². The summed E-state index contributed by atoms with van der Waals surface area (Å²) in [5.41, 5.74) is 0.986. The van der Waals surface area contributed by atoms with Gasteiger partial charge in [0.05, 0.1) is 25.8 Å². The fourth-order valence-electron chi connectivity index (χ4n) is 4.96. The number of hydrogen-bond donors (Lipinski definition) is 1. The van der Waals surface area contributed by atoms with Crippen LogP contribution in [0.5, 0.6) is 5.75 Å². The monoisotopic (exact) mass is 467 g/mol. The number of carbonyl (C=O) groups excluding carboxylic acids is 3. The lowest BCUT2D eigenvalue weighted by Crippen LogP contribution is -2.62. The Kier molecular flexibility index (Phi) is 7.87. The van der Waals surface area contributed by atoms with Crippen molar-refractivity contribution in [3.63, 3.8) is 0 Å². The molecule has 4 amide bonds. The van der Waals surface area contributed by atoms with Gasteiger partial charge in [-0.25, -0.2) is 4.79 Å². The Morgan fingerprint density at radius 1 is 1.15 bits per heavy atom. The van der Waals surface area contributed by atoms with E-state index in [1.165, 1.54) is 4.90 Å². The number of hydrogen-bond acceptors (Lipinski definition) is 5. The van der Waals surface area contributed by atoms with Crippen LogP contribution in [0.4, 0.5) is 4.79 Å². The lowest BCUT2D eigenvalue weighted by Gasteiger charge is -2.47. The van der Waals surface area contributed by atoms with Crippen LogP contribution in [0.25, 0.3) is 0 Å². The SMILES string of the molecule is COc1cccc(CN2C(=O)N(CCCCC(=O)NCc3ccco3)C(=O)C3CCCCC32)c1. The third-order valence-electron chi connectivity index (χ3n) is 6.75. The number of nitrogens with zero attached hydrogens (tertiary/aromatic N) is 2. The Morgan fingerprint density at radius 3 is 2.79 bits per heavy atom. The Labute approximate surface area is 200 Å². The number of fused-ring (bicyclic) bond motifs is 1. The summed E-state index contributed by atoms with van der Waals surface area (Å²) in [7, 11) is 1.62. The minimum Gasteiger partial charge on any atom is -0.497 e. The topological polar surface area (TPSA) is 92.1 Å². The maximum atomic E-state index is 13.4. The number of benzene rings is 1. The van der Waals surface area contributed by atoms with Gasteiger partial charge in [-0.2, -0.15) is 0 Å². The number of ether oxygens (including phenoxy) is 1. The van der Waals surface area contributed by atoms with Crippen molar-refractivity contribution in [3.05, 3.63) is 54.0 Å². The molecule has 1 saturated heterocycles. The summed E-state index contributed by atoms with van der Waals surface area (Å²) in [6, 6.07) is 11.0. The fraction of sp³-hybridized carbons (Fsp3) is 0.500. The van der Waals surface area contributed by atoms with Crippen LogP contribution in [-0.4, -0.2) is 47.3 Å². The molecule has 0 bridgehead atoms. The van der Waals surface area contributed by atoms with Crippen molar-refractivity contribution in [2.75, 3.05) is 13.7 Å². The quantitative estimate of drug-likeness (QED) is 0.531. The lowest BCUT2D eigenvalue weighted by molar-refractivity contribution is -0.140. The van der Waals surface area contributed by atoms with Crippen molar-refractivity contribution in [1.82, 2.24) is 15.1 Å². The second kappa shape index (κ2) is 11.2. The van der Waals surface area contributed by atoms with E-state index in [-0.39, 0.29) is 29.8 Å². The average Bonchev–Trinajstić information content (AvgIpc) is 3.39. The van der Waals surface area contributed by atoms with Gasteiger partial charge in [-0.1, -0.05) is 25.0 Å². The number of amides is 4. The third kappa shape index (κ3) is 5.61. The van der Waals surface area contributed by atoms with Gasteiger partial charge in [-0.15, -0.1) is 0 Å². The third-order valence-corrected chi connectivity index (χ3v) is 6.75. The molecule has 8 nitrogen and oxygen atoms in total. The minimum absolute atomic E-state index is 0.0522. The molecule has 1 aliphatic carbocycles. The number of furan rings is 1. The number of rotatable bonds is 10. The molecule has 2 aromatic rings. The molecule has 0 spiro atoms. The maximum Gasteiger partial charge on any atom is 0.327 e. The highest BCUT2D eigenvalue weighted by Crippen LogP contribution is 2.35. The standard InChI is InChI=1S/C26H33N3O5/c1-33-20-9-6-8-19(16-20)18-29-23-12-3-2-11-22(23)25(31)28(26(29)32)14-5-4-13-24(30)27-17-21-10-7-15-34-21/h6-10,15-16,22-23H,2-5,11-14,17-18H2,1H3,(H,27,30). The lowest BCUT2D eigenvalue weighted by atomic mass is 9.81. The molecule has 2 fully saturated rings. The number of urea groups is 1. The number of nitrogens with one attached hydrogen (secondary N) is 1. The molecule has 1 aromatic heterocycles. The number of imide groups is 1. The average molecular weight is 468 g/mol. The van der Waals surface area contributed by atoms with Crippen molar-refractivity contribution in [3.8, 4) is 5.75 Å². The Balaban J connectivity index is 1.34. The van der Waals surface area contributed by atoms with Crippen LogP contribution < -0.4 is 10.1 Å². The smallest absolute Gasteiger partial charge is 0.327 e. The van der Waals surface area contributed by atoms with E-state index < -0.39 is 0 Å². The van der Waals surface area contributed by atoms with E-state index in [1.54, 1.807) is 19.4 Å². The highest BCUT2D eigenvalue weighted by atomic mass is 16.5. The summed E-state index contributed by atoms with van der Waals surface area (Å²) in [4.78, 5) is 42.0. The molecular weight excluding hydrogens is 434 g/mol. The first-order valence-corrected chi connectivity index (χ1v) is 12.1. The van der Waals surface area contributed by atoms with Crippen LogP contribution in [0.2, 0.25) is 0 Å². The molecule has 8 heteroatoms. The number of unbranched alkanes of at least 4 members (excludes halogenated alkanes) is 1. The molecular formula is C26H33N3O5. The molecule has 2 heterocycles. The summed E-state index contributed by atoms with van der Waals surface area (Å²) >= 11 is 0. The second-order valence-corrected chi connectivity index (χ2v) is 9.02. The molecule has 1 saturated carbocycles. The highest BCUT2D eigenvalue weighted by Gasteiger charge is 2.46. The first kappa shape index (κ1) is 23.9. The van der Waals surface area contributed by atoms with Crippen LogP contribution in [0, 0.1) is 5.92 Å². The Bertz CT molecular complexity index is 990. The molecule has 2 aliphatic rings. The van der Waals surface area contributed by atoms with Crippen molar-refractivity contribution in [1.29, 1.82) is 0 Å². The van der Waals surface area contributed by atoms with Gasteiger partial charge in [0.2, 0.25) is 11.8 Å². The molecule has 0 radical (unpaired) electrons. The molecule has 2 unspecified atom stereocenters. The molecule has 34 heavy (non-hydrogen) atoms. The summed E-state index contributed by atoms with van der Waals surface area (Å²) in [5, 5.41) is 2.82. The summed E-state index contributed by atoms with van der Waals surface area (Å²) in [6.45, 7) is 1.15. The van der Waals surface area contributed by atoms with E-state index in [0.29, 0.717) is 44.7 Å². The van der Waals surface area contributed by atoms with Gasteiger partial charge in [-0.05, 0) is 55.5 Å². The van der Waals surface area contributed by atoms with Gasteiger partial charge >= 0.3 is 6.03 Å². The normalized spacial score (nSPS) is 20.3. The summed E-state index contributed by atoms with van der Waals surface area (Å²) in [6.07, 6.45) is 6.83. The van der Waals surface area contributed by atoms with E-state index in [9.17, 15) is 14.4 Å². The van der Waals surface area contributed by atoms with Gasteiger partial charge in [0.1, 0.15) is 11.5 Å².